The number of benzene rings is 3. The molecule has 0 aliphatic carbocycles. The van der Waals surface area contributed by atoms with Gasteiger partial charge in [-0.25, -0.2) is 0 Å². The lowest BCUT2D eigenvalue weighted by atomic mass is 10.1. The lowest BCUT2D eigenvalue weighted by Crippen LogP contribution is -2.15. The van der Waals surface area contributed by atoms with Crippen molar-refractivity contribution in [3.8, 4) is 5.75 Å². The standard InChI is InChI=1S/C20H19NO2/c1-14-7-10-19(23-2)17(11-14)13-20(22)21-18-9-8-15-5-3-4-6-16(15)12-18/h3-12H,13H2,1-2H3,(H,21,22). The maximum Gasteiger partial charge on any atom is 0.228 e. The minimum Gasteiger partial charge on any atom is -0.496 e. The average Bonchev–Trinajstić information content (AvgIpc) is 2.55. The van der Waals surface area contributed by atoms with Crippen molar-refractivity contribution in [1.29, 1.82) is 0 Å². The fourth-order valence-corrected chi connectivity index (χ4v) is 2.69. The average molecular weight is 305 g/mol. The van der Waals surface area contributed by atoms with Crippen LogP contribution in [-0.2, 0) is 11.2 Å². The first-order chi connectivity index (χ1) is 11.2. The van der Waals surface area contributed by atoms with Gasteiger partial charge in [-0.3, -0.25) is 4.79 Å². The third kappa shape index (κ3) is 3.51. The normalized spacial score (nSPS) is 10.5. The number of anilines is 1. The highest BCUT2D eigenvalue weighted by Gasteiger charge is 2.09. The van der Waals surface area contributed by atoms with Crippen LogP contribution in [0.3, 0.4) is 0 Å². The Morgan fingerprint density at radius 2 is 1.78 bits per heavy atom. The molecule has 0 unspecified atom stereocenters. The zero-order chi connectivity index (χ0) is 16.2. The second-order valence-corrected chi connectivity index (χ2v) is 5.60. The Morgan fingerprint density at radius 3 is 2.57 bits per heavy atom. The van der Waals surface area contributed by atoms with Gasteiger partial charge in [-0.1, -0.05) is 48.0 Å². The zero-order valence-electron chi connectivity index (χ0n) is 13.3. The fourth-order valence-electron chi connectivity index (χ4n) is 2.69. The minimum atomic E-state index is -0.0517. The summed E-state index contributed by atoms with van der Waals surface area (Å²) in [7, 11) is 1.62. The van der Waals surface area contributed by atoms with Gasteiger partial charge >= 0.3 is 0 Å². The van der Waals surface area contributed by atoms with Gasteiger partial charge in [0.25, 0.3) is 0 Å². The topological polar surface area (TPSA) is 38.3 Å². The van der Waals surface area contributed by atoms with Crippen LogP contribution in [0.4, 0.5) is 5.69 Å². The number of methoxy groups -OCH3 is 1. The van der Waals surface area contributed by atoms with Gasteiger partial charge in [0.2, 0.25) is 5.91 Å². The van der Waals surface area contributed by atoms with Crippen molar-refractivity contribution >= 4 is 22.4 Å². The summed E-state index contributed by atoms with van der Waals surface area (Å²) in [5, 5.41) is 5.23. The molecule has 116 valence electrons. The van der Waals surface area contributed by atoms with Crippen LogP contribution >= 0.6 is 0 Å². The summed E-state index contributed by atoms with van der Waals surface area (Å²) in [4.78, 5) is 12.3. The van der Waals surface area contributed by atoms with Crippen LogP contribution in [0, 0.1) is 6.92 Å². The molecule has 0 saturated carbocycles. The molecule has 3 heteroatoms. The fraction of sp³-hybridized carbons (Fsp3) is 0.150. The maximum atomic E-state index is 12.3. The van der Waals surface area contributed by atoms with Crippen LogP contribution in [-0.4, -0.2) is 13.0 Å². The first-order valence-electron chi connectivity index (χ1n) is 7.58. The van der Waals surface area contributed by atoms with Crippen molar-refractivity contribution in [2.75, 3.05) is 12.4 Å². The van der Waals surface area contributed by atoms with Gasteiger partial charge < -0.3 is 10.1 Å². The quantitative estimate of drug-likeness (QED) is 0.778. The van der Waals surface area contributed by atoms with Crippen molar-refractivity contribution in [2.24, 2.45) is 0 Å². The van der Waals surface area contributed by atoms with Crippen LogP contribution in [0.2, 0.25) is 0 Å². The first kappa shape index (κ1) is 15.1. The monoisotopic (exact) mass is 305 g/mol. The molecule has 0 saturated heterocycles. The summed E-state index contributed by atoms with van der Waals surface area (Å²) in [5.41, 5.74) is 2.81. The second-order valence-electron chi connectivity index (χ2n) is 5.60. The number of amides is 1. The van der Waals surface area contributed by atoms with Crippen molar-refractivity contribution in [1.82, 2.24) is 0 Å². The number of carbonyl (C=O) groups is 1. The summed E-state index contributed by atoms with van der Waals surface area (Å²) in [6, 6.07) is 19.9. The summed E-state index contributed by atoms with van der Waals surface area (Å²) < 4.78 is 5.33. The van der Waals surface area contributed by atoms with Crippen LogP contribution < -0.4 is 10.1 Å². The van der Waals surface area contributed by atoms with E-state index in [1.165, 1.54) is 0 Å². The van der Waals surface area contributed by atoms with Crippen LogP contribution in [0.1, 0.15) is 11.1 Å². The lowest BCUT2D eigenvalue weighted by Gasteiger charge is -2.10. The molecule has 23 heavy (non-hydrogen) atoms. The van der Waals surface area contributed by atoms with Crippen molar-refractivity contribution in [3.05, 3.63) is 71.8 Å². The molecule has 0 radical (unpaired) electrons. The highest BCUT2D eigenvalue weighted by Crippen LogP contribution is 2.22. The van der Waals surface area contributed by atoms with Gasteiger partial charge in [0.1, 0.15) is 5.75 Å². The smallest absolute Gasteiger partial charge is 0.228 e. The molecule has 0 fully saturated rings. The van der Waals surface area contributed by atoms with Gasteiger partial charge in [-0.15, -0.1) is 0 Å². The Morgan fingerprint density at radius 1 is 1.00 bits per heavy atom. The third-order valence-electron chi connectivity index (χ3n) is 3.82. The van der Waals surface area contributed by atoms with E-state index < -0.39 is 0 Å². The molecule has 0 aliphatic heterocycles. The van der Waals surface area contributed by atoms with Crippen LogP contribution in [0.25, 0.3) is 10.8 Å². The minimum absolute atomic E-state index is 0.0517. The SMILES string of the molecule is COc1ccc(C)cc1CC(=O)Nc1ccc2ccccc2c1. The predicted molar refractivity (Wildman–Crippen MR) is 94.0 cm³/mol. The van der Waals surface area contributed by atoms with E-state index in [4.69, 9.17) is 4.74 Å². The van der Waals surface area contributed by atoms with E-state index in [9.17, 15) is 4.79 Å². The number of hydrogen-bond donors (Lipinski definition) is 1. The molecule has 0 aliphatic rings. The van der Waals surface area contributed by atoms with Gasteiger partial charge in [0.15, 0.2) is 0 Å². The summed E-state index contributed by atoms with van der Waals surface area (Å²) in [6.45, 7) is 2.00. The molecular formula is C20H19NO2. The Kier molecular flexibility index (Phi) is 4.29. The van der Waals surface area contributed by atoms with E-state index in [0.29, 0.717) is 0 Å². The van der Waals surface area contributed by atoms with Crippen molar-refractivity contribution in [3.63, 3.8) is 0 Å². The van der Waals surface area contributed by atoms with E-state index in [2.05, 4.69) is 11.4 Å². The van der Waals surface area contributed by atoms with E-state index >= 15 is 0 Å². The molecule has 1 amide bonds. The van der Waals surface area contributed by atoms with E-state index in [0.717, 1.165) is 33.3 Å². The van der Waals surface area contributed by atoms with Crippen molar-refractivity contribution in [2.45, 2.75) is 13.3 Å². The largest absolute Gasteiger partial charge is 0.496 e. The Labute approximate surface area is 135 Å². The molecule has 3 rings (SSSR count). The van der Waals surface area contributed by atoms with Gasteiger partial charge in [-0.2, -0.15) is 0 Å². The first-order valence-corrected chi connectivity index (χ1v) is 7.58. The molecular weight excluding hydrogens is 286 g/mol. The predicted octanol–water partition coefficient (Wildman–Crippen LogP) is 4.34. The van der Waals surface area contributed by atoms with E-state index in [1.54, 1.807) is 7.11 Å². The number of ether oxygens (including phenoxy) is 1. The molecule has 3 nitrogen and oxygen atoms in total. The number of nitrogens with one attached hydrogen (secondary N) is 1. The summed E-state index contributed by atoms with van der Waals surface area (Å²) in [5.74, 6) is 0.688. The van der Waals surface area contributed by atoms with Crippen LogP contribution in [0.15, 0.2) is 60.7 Å². The second kappa shape index (κ2) is 6.53. The highest BCUT2D eigenvalue weighted by atomic mass is 16.5. The third-order valence-corrected chi connectivity index (χ3v) is 3.82. The van der Waals surface area contributed by atoms with E-state index in [-0.39, 0.29) is 12.3 Å². The number of carbonyl (C=O) groups excluding carboxylic acids is 1. The Bertz CT molecular complexity index is 855. The number of hydrogen-bond acceptors (Lipinski definition) is 2. The zero-order valence-corrected chi connectivity index (χ0v) is 13.3. The maximum absolute atomic E-state index is 12.3. The molecule has 0 atom stereocenters. The Balaban J connectivity index is 1.77. The number of fused-ring (bicyclic) bond motifs is 1. The number of aryl methyl sites for hydroxylation is 1. The van der Waals surface area contributed by atoms with Crippen LogP contribution in [0.5, 0.6) is 5.75 Å². The molecule has 0 aromatic heterocycles. The molecule has 3 aromatic carbocycles. The van der Waals surface area contributed by atoms with Gasteiger partial charge in [0.05, 0.1) is 13.5 Å². The lowest BCUT2D eigenvalue weighted by molar-refractivity contribution is -0.115. The highest BCUT2D eigenvalue weighted by molar-refractivity contribution is 5.95. The summed E-state index contributed by atoms with van der Waals surface area (Å²) in [6.07, 6.45) is 0.289. The van der Waals surface area contributed by atoms with Gasteiger partial charge in [-0.05, 0) is 35.9 Å². The molecule has 0 bridgehead atoms. The molecule has 0 spiro atoms. The van der Waals surface area contributed by atoms with E-state index in [1.807, 2.05) is 61.5 Å². The van der Waals surface area contributed by atoms with Crippen molar-refractivity contribution < 1.29 is 9.53 Å². The number of rotatable bonds is 4. The Hall–Kier alpha value is -2.81. The molecule has 0 heterocycles. The van der Waals surface area contributed by atoms with Gasteiger partial charge in [0, 0.05) is 11.3 Å². The summed E-state index contributed by atoms with van der Waals surface area (Å²) >= 11 is 0. The molecule has 1 N–H and O–H groups in total. The molecule has 3 aromatic rings.